The van der Waals surface area contributed by atoms with Gasteiger partial charge in [-0.25, -0.2) is 0 Å². The number of piperazine rings is 1. The zero-order valence-electron chi connectivity index (χ0n) is 7.54. The lowest BCUT2D eigenvalue weighted by atomic mass is 10.0. The number of carbonyl (C=O) groups is 2. The molecule has 0 radical (unpaired) electrons. The highest BCUT2D eigenvalue weighted by molar-refractivity contribution is 6.35. The van der Waals surface area contributed by atoms with Crippen molar-refractivity contribution in [1.29, 1.82) is 0 Å². The molecule has 2 amide bonds. The van der Waals surface area contributed by atoms with Crippen LogP contribution < -0.4 is 10.6 Å². The Morgan fingerprint density at radius 2 is 2.23 bits per heavy atom. The first-order chi connectivity index (χ1) is 6.20. The number of fused-ring (bicyclic) bond motifs is 1. The highest BCUT2D eigenvalue weighted by atomic mass is 16.2. The summed E-state index contributed by atoms with van der Waals surface area (Å²) >= 11 is 0. The van der Waals surface area contributed by atoms with E-state index in [1.807, 2.05) is 0 Å². The number of rotatable bonds is 0. The van der Waals surface area contributed by atoms with Crippen LogP contribution in [0.2, 0.25) is 0 Å². The first-order valence-corrected chi connectivity index (χ1v) is 4.51. The second-order valence-corrected chi connectivity index (χ2v) is 3.54. The van der Waals surface area contributed by atoms with Crippen molar-refractivity contribution >= 4 is 11.8 Å². The third-order valence-electron chi connectivity index (χ3n) is 2.67. The molecule has 2 saturated heterocycles. The Hall–Kier alpha value is -1.10. The lowest BCUT2D eigenvalue weighted by Gasteiger charge is -2.42. The molecule has 0 aliphatic carbocycles. The number of likely N-dealkylation sites (N-methyl/N-ethyl adjacent to an activating group) is 1. The number of hydrogen-bond donors (Lipinski definition) is 2. The molecule has 13 heavy (non-hydrogen) atoms. The van der Waals surface area contributed by atoms with E-state index >= 15 is 0 Å². The van der Waals surface area contributed by atoms with Gasteiger partial charge in [0.25, 0.3) is 0 Å². The van der Waals surface area contributed by atoms with Gasteiger partial charge < -0.3 is 10.2 Å². The van der Waals surface area contributed by atoms with Gasteiger partial charge in [-0.15, -0.1) is 0 Å². The highest BCUT2D eigenvalue weighted by Gasteiger charge is 2.39. The van der Waals surface area contributed by atoms with Crippen molar-refractivity contribution in [3.05, 3.63) is 0 Å². The summed E-state index contributed by atoms with van der Waals surface area (Å²) in [4.78, 5) is 23.9. The van der Waals surface area contributed by atoms with Crippen molar-refractivity contribution in [3.63, 3.8) is 0 Å². The Morgan fingerprint density at radius 3 is 3.00 bits per heavy atom. The second-order valence-electron chi connectivity index (χ2n) is 3.54. The molecular weight excluding hydrogens is 170 g/mol. The first-order valence-electron chi connectivity index (χ1n) is 4.51. The number of hydrogen-bond acceptors (Lipinski definition) is 3. The van der Waals surface area contributed by atoms with E-state index < -0.39 is 11.8 Å². The van der Waals surface area contributed by atoms with Crippen molar-refractivity contribution in [2.75, 3.05) is 13.6 Å². The topological polar surface area (TPSA) is 61.4 Å². The van der Waals surface area contributed by atoms with Crippen LogP contribution in [0.15, 0.2) is 0 Å². The first kappa shape index (κ1) is 8.50. The van der Waals surface area contributed by atoms with Gasteiger partial charge in [0, 0.05) is 7.05 Å². The van der Waals surface area contributed by atoms with Gasteiger partial charge in [-0.2, -0.15) is 0 Å². The fourth-order valence-electron chi connectivity index (χ4n) is 1.95. The van der Waals surface area contributed by atoms with Gasteiger partial charge in [0.15, 0.2) is 0 Å². The smallest absolute Gasteiger partial charge is 0.312 e. The molecule has 2 atom stereocenters. The Morgan fingerprint density at radius 1 is 1.46 bits per heavy atom. The van der Waals surface area contributed by atoms with Crippen molar-refractivity contribution < 1.29 is 9.59 Å². The second kappa shape index (κ2) is 2.99. The summed E-state index contributed by atoms with van der Waals surface area (Å²) in [5.74, 6) is -0.928. The number of piperidine rings is 1. The Kier molecular flexibility index (Phi) is 1.95. The van der Waals surface area contributed by atoms with Gasteiger partial charge in [-0.3, -0.25) is 14.9 Å². The summed E-state index contributed by atoms with van der Waals surface area (Å²) in [5, 5.41) is 5.92. The lowest BCUT2D eigenvalue weighted by Crippen LogP contribution is -2.68. The van der Waals surface area contributed by atoms with Gasteiger partial charge in [0.05, 0.1) is 6.04 Å². The van der Waals surface area contributed by atoms with Gasteiger partial charge in [-0.1, -0.05) is 0 Å². The van der Waals surface area contributed by atoms with Crippen LogP contribution in [0.25, 0.3) is 0 Å². The zero-order chi connectivity index (χ0) is 9.42. The van der Waals surface area contributed by atoms with Crippen LogP contribution >= 0.6 is 0 Å². The average molecular weight is 183 g/mol. The number of carbonyl (C=O) groups excluding carboxylic acids is 2. The Bertz CT molecular complexity index is 254. The van der Waals surface area contributed by atoms with Gasteiger partial charge in [-0.05, 0) is 19.4 Å². The highest BCUT2D eigenvalue weighted by Crippen LogP contribution is 2.15. The third-order valence-corrected chi connectivity index (χ3v) is 2.67. The van der Waals surface area contributed by atoms with Crippen molar-refractivity contribution in [1.82, 2.24) is 15.5 Å². The molecule has 2 unspecified atom stereocenters. The third kappa shape index (κ3) is 1.29. The molecule has 2 aliphatic rings. The van der Waals surface area contributed by atoms with Gasteiger partial charge >= 0.3 is 11.8 Å². The maximum Gasteiger partial charge on any atom is 0.312 e. The van der Waals surface area contributed by atoms with E-state index in [4.69, 9.17) is 0 Å². The summed E-state index contributed by atoms with van der Waals surface area (Å²) in [7, 11) is 1.66. The monoisotopic (exact) mass is 183 g/mol. The molecule has 0 bridgehead atoms. The summed E-state index contributed by atoms with van der Waals surface area (Å²) < 4.78 is 0. The average Bonchev–Trinajstić information content (AvgIpc) is 2.15. The van der Waals surface area contributed by atoms with Gasteiger partial charge in [0.1, 0.15) is 6.17 Å². The van der Waals surface area contributed by atoms with Crippen molar-refractivity contribution in [2.24, 2.45) is 0 Å². The van der Waals surface area contributed by atoms with Gasteiger partial charge in [0.2, 0.25) is 0 Å². The molecule has 2 heterocycles. The molecular formula is C8H13N3O2. The molecule has 0 spiro atoms. The molecule has 0 aromatic carbocycles. The molecule has 72 valence electrons. The van der Waals surface area contributed by atoms with Crippen LogP contribution in [-0.4, -0.2) is 42.5 Å². The Balaban J connectivity index is 2.17. The number of nitrogens with zero attached hydrogens (tertiary/aromatic N) is 1. The molecule has 0 saturated carbocycles. The van der Waals surface area contributed by atoms with Crippen LogP contribution in [-0.2, 0) is 9.59 Å². The quantitative estimate of drug-likeness (QED) is 0.457. The van der Waals surface area contributed by atoms with Crippen LogP contribution in [0.1, 0.15) is 12.8 Å². The number of amides is 2. The standard InChI is InChI=1S/C8H13N3O2/c1-11-6-5(3-2-4-9-6)10-7(12)8(11)13/h5-6,9H,2-4H2,1H3,(H,10,12). The molecule has 5 nitrogen and oxygen atoms in total. The lowest BCUT2D eigenvalue weighted by molar-refractivity contribution is -0.152. The van der Waals surface area contributed by atoms with E-state index in [9.17, 15) is 9.59 Å². The number of nitrogens with one attached hydrogen (secondary N) is 2. The molecule has 0 aromatic heterocycles. The maximum atomic E-state index is 11.3. The zero-order valence-corrected chi connectivity index (χ0v) is 7.54. The minimum atomic E-state index is -0.479. The summed E-state index contributed by atoms with van der Waals surface area (Å²) in [6.45, 7) is 0.911. The predicted molar refractivity (Wildman–Crippen MR) is 45.7 cm³/mol. The molecule has 2 fully saturated rings. The largest absolute Gasteiger partial charge is 0.342 e. The van der Waals surface area contributed by atoms with Crippen LogP contribution in [0, 0.1) is 0 Å². The summed E-state index contributed by atoms with van der Waals surface area (Å²) in [6, 6.07) is 0.0870. The maximum absolute atomic E-state index is 11.3. The van der Waals surface area contributed by atoms with E-state index in [2.05, 4.69) is 10.6 Å². The normalized spacial score (nSPS) is 34.1. The Labute approximate surface area is 76.5 Å². The predicted octanol–water partition coefficient (Wildman–Crippen LogP) is -1.35. The summed E-state index contributed by atoms with van der Waals surface area (Å²) in [5.41, 5.74) is 0. The van der Waals surface area contributed by atoms with E-state index in [1.54, 1.807) is 7.05 Å². The minimum absolute atomic E-state index is 0.0149. The molecule has 2 rings (SSSR count). The molecule has 2 aliphatic heterocycles. The SMILES string of the molecule is CN1C(=O)C(=O)NC2CCCNC21. The van der Waals surface area contributed by atoms with E-state index in [1.165, 1.54) is 4.90 Å². The molecule has 5 heteroatoms. The van der Waals surface area contributed by atoms with Crippen molar-refractivity contribution in [3.8, 4) is 0 Å². The molecule has 2 N–H and O–H groups in total. The fourth-order valence-corrected chi connectivity index (χ4v) is 1.95. The van der Waals surface area contributed by atoms with Crippen LogP contribution in [0.3, 0.4) is 0 Å². The van der Waals surface area contributed by atoms with Crippen LogP contribution in [0.5, 0.6) is 0 Å². The van der Waals surface area contributed by atoms with E-state index in [0.29, 0.717) is 0 Å². The van der Waals surface area contributed by atoms with E-state index in [-0.39, 0.29) is 12.2 Å². The molecule has 0 aromatic rings. The van der Waals surface area contributed by atoms with Crippen molar-refractivity contribution in [2.45, 2.75) is 25.0 Å². The van der Waals surface area contributed by atoms with E-state index in [0.717, 1.165) is 19.4 Å². The fraction of sp³-hybridized carbons (Fsp3) is 0.750. The summed E-state index contributed by atoms with van der Waals surface area (Å²) in [6.07, 6.45) is 1.98. The van der Waals surface area contributed by atoms with Crippen LogP contribution in [0.4, 0.5) is 0 Å². The minimum Gasteiger partial charge on any atom is -0.342 e.